The van der Waals surface area contributed by atoms with E-state index in [1.54, 1.807) is 0 Å². The Morgan fingerprint density at radius 2 is 1.98 bits per heavy atom. The summed E-state index contributed by atoms with van der Waals surface area (Å²) in [6, 6.07) is 1.30. The number of carboxylic acid groups (broad SMARTS) is 2. The van der Waals surface area contributed by atoms with Crippen LogP contribution in [0.2, 0.25) is 5.02 Å². The van der Waals surface area contributed by atoms with Gasteiger partial charge in [0.25, 0.3) is 17.7 Å². The normalized spacial score (nSPS) is 20.1. The van der Waals surface area contributed by atoms with Crippen LogP contribution in [0.5, 0.6) is 11.5 Å². The van der Waals surface area contributed by atoms with E-state index < -0.39 is 58.2 Å². The van der Waals surface area contributed by atoms with Gasteiger partial charge < -0.3 is 41.6 Å². The molecule has 2 aliphatic heterocycles. The summed E-state index contributed by atoms with van der Waals surface area (Å²) in [5.41, 5.74) is 4.05. The number of nitrogens with zero attached hydrogens (tertiary/aromatic N) is 3. The quantitative estimate of drug-likeness (QED) is 0.0507. The van der Waals surface area contributed by atoms with Gasteiger partial charge in [0.2, 0.25) is 5.60 Å². The molecule has 1 aliphatic carbocycles. The van der Waals surface area contributed by atoms with Gasteiger partial charge in [-0.1, -0.05) is 16.8 Å². The summed E-state index contributed by atoms with van der Waals surface area (Å²) in [6.45, 7) is 0.176. The maximum atomic E-state index is 13.3. The highest BCUT2D eigenvalue weighted by Crippen LogP contribution is 2.41. The number of fused-ring (bicyclic) bond motifs is 1. The number of amides is 3. The van der Waals surface area contributed by atoms with E-state index in [9.17, 15) is 44.4 Å². The Morgan fingerprint density at radius 3 is 2.60 bits per heavy atom. The van der Waals surface area contributed by atoms with Crippen molar-refractivity contribution in [1.29, 1.82) is 0 Å². The van der Waals surface area contributed by atoms with Crippen LogP contribution in [-0.2, 0) is 24.0 Å². The molecule has 2 atom stereocenters. The number of oxime groups is 1. The molecule has 2 aromatic rings. The number of carbonyl (C=O) groups excluding carboxylic acids is 3. The second kappa shape index (κ2) is 13.9. The van der Waals surface area contributed by atoms with Crippen LogP contribution in [0, 0.1) is 0 Å². The summed E-state index contributed by atoms with van der Waals surface area (Å²) in [7, 11) is 0. The molecule has 16 nitrogen and oxygen atoms in total. The smallest absolute Gasteiger partial charge is 0.352 e. The number of carbonyl (C=O) groups is 5. The molecule has 8 N–H and O–H groups in total. The third kappa shape index (κ3) is 6.78. The topological polar surface area (TPSA) is 254 Å². The number of aliphatic carboxylic acids is 2. The summed E-state index contributed by atoms with van der Waals surface area (Å²) >= 11 is 9.52. The van der Waals surface area contributed by atoms with Gasteiger partial charge in [0.15, 0.2) is 22.3 Å². The van der Waals surface area contributed by atoms with Crippen LogP contribution < -0.4 is 16.4 Å². The Morgan fingerprint density at radius 1 is 1.23 bits per heavy atom. The SMILES string of the molecule is Nc1nc(/C(=N/OC2(C(=O)O)CCC2)C(=O)N[C@@H]2C(=O)N3C(C(=O)O)=C(CSCCNC(=O)c4ccc(O)c(O)c4Cl)CS[C@H]23)cs1. The standard InChI is InChI=1S/C27H27ClN6O10S3/c28-15-12(2-3-14(35)19(15)36)20(37)30-6-7-45-8-11-9-46-23-17(22(39)34(23)18(11)24(40)41)32-21(38)16(13-10-47-26(29)31-13)33-44-27(25(42)43)4-1-5-27/h2-3,10,17,23,35-36H,1,4-9H2,(H2,29,31)(H,30,37)(H,32,38)(H,40,41)(H,42,43)/b33-16-/t17-,23-/m1/s1. The first-order valence-electron chi connectivity index (χ1n) is 13.8. The van der Waals surface area contributed by atoms with E-state index in [1.807, 2.05) is 0 Å². The molecule has 0 spiro atoms. The predicted molar refractivity (Wildman–Crippen MR) is 172 cm³/mol. The van der Waals surface area contributed by atoms with Gasteiger partial charge in [0.1, 0.15) is 22.8 Å². The van der Waals surface area contributed by atoms with E-state index in [0.717, 1.165) is 22.3 Å². The number of thiazole rings is 1. The molecule has 3 heterocycles. The minimum absolute atomic E-state index is 0.0238. The van der Waals surface area contributed by atoms with Gasteiger partial charge in [-0.3, -0.25) is 19.3 Å². The first kappa shape index (κ1) is 34.1. The van der Waals surface area contributed by atoms with E-state index in [1.165, 1.54) is 35.0 Å². The van der Waals surface area contributed by atoms with Gasteiger partial charge in [-0.25, -0.2) is 14.6 Å². The lowest BCUT2D eigenvalue weighted by atomic mass is 9.80. The first-order valence-corrected chi connectivity index (χ1v) is 17.3. The van der Waals surface area contributed by atoms with Gasteiger partial charge in [0, 0.05) is 42.0 Å². The van der Waals surface area contributed by atoms with Crippen molar-refractivity contribution in [3.05, 3.63) is 45.1 Å². The monoisotopic (exact) mass is 726 g/mol. The van der Waals surface area contributed by atoms with Crippen LogP contribution in [0.4, 0.5) is 5.13 Å². The molecule has 250 valence electrons. The molecule has 20 heteroatoms. The van der Waals surface area contributed by atoms with Gasteiger partial charge >= 0.3 is 11.9 Å². The summed E-state index contributed by atoms with van der Waals surface area (Å²) in [6.07, 6.45) is 1.01. The Hall–Kier alpha value is -4.20. The molecular formula is C27H27ClN6O10S3. The number of β-lactam (4-membered cyclic amide) rings is 1. The summed E-state index contributed by atoms with van der Waals surface area (Å²) < 4.78 is 0. The largest absolute Gasteiger partial charge is 0.504 e. The van der Waals surface area contributed by atoms with E-state index >= 15 is 0 Å². The highest BCUT2D eigenvalue weighted by molar-refractivity contribution is 8.01. The lowest BCUT2D eigenvalue weighted by Crippen LogP contribution is -2.71. The maximum absolute atomic E-state index is 13.3. The van der Waals surface area contributed by atoms with Crippen molar-refractivity contribution >= 4 is 87.0 Å². The molecule has 0 radical (unpaired) electrons. The average Bonchev–Trinajstić information content (AvgIpc) is 3.44. The van der Waals surface area contributed by atoms with Crippen molar-refractivity contribution in [2.24, 2.45) is 5.16 Å². The first-order chi connectivity index (χ1) is 22.3. The lowest BCUT2D eigenvalue weighted by Gasteiger charge is -2.49. The number of hydrogen-bond donors (Lipinski definition) is 7. The maximum Gasteiger partial charge on any atom is 0.352 e. The number of benzene rings is 1. The third-order valence-corrected chi connectivity index (χ3v) is 11.0. The Balaban J connectivity index is 1.20. The molecule has 0 unspecified atom stereocenters. The number of phenolic OH excluding ortho intramolecular Hbond substituents is 2. The predicted octanol–water partition coefficient (Wildman–Crippen LogP) is 1.42. The number of nitrogen functional groups attached to an aromatic ring is 1. The zero-order valence-corrected chi connectivity index (χ0v) is 27.3. The highest BCUT2D eigenvalue weighted by Gasteiger charge is 2.54. The fraction of sp³-hybridized carbons (Fsp3) is 0.370. The number of thioether (sulfide) groups is 2. The van der Waals surface area contributed by atoms with Crippen molar-refractivity contribution < 1.29 is 49.2 Å². The molecule has 1 aromatic carbocycles. The second-order valence-electron chi connectivity index (χ2n) is 10.5. The fourth-order valence-corrected chi connectivity index (χ4v) is 7.98. The van der Waals surface area contributed by atoms with Gasteiger partial charge in [-0.15, -0.1) is 23.1 Å². The van der Waals surface area contributed by atoms with Crippen molar-refractivity contribution in [2.45, 2.75) is 36.3 Å². The molecule has 1 aromatic heterocycles. The number of nitrogens with one attached hydrogen (secondary N) is 2. The molecule has 0 bridgehead atoms. The number of hydrogen-bond acceptors (Lipinski definition) is 14. The number of carboxylic acids is 2. The minimum Gasteiger partial charge on any atom is -0.504 e. The van der Waals surface area contributed by atoms with Crippen LogP contribution >= 0.6 is 46.5 Å². The van der Waals surface area contributed by atoms with Crippen LogP contribution in [0.25, 0.3) is 0 Å². The summed E-state index contributed by atoms with van der Waals surface area (Å²) in [5, 5.41) is 48.3. The number of aromatic nitrogens is 1. The molecule has 2 fully saturated rings. The van der Waals surface area contributed by atoms with Crippen LogP contribution in [0.3, 0.4) is 0 Å². The summed E-state index contributed by atoms with van der Waals surface area (Å²) in [5.74, 6) is -4.85. The van der Waals surface area contributed by atoms with Gasteiger partial charge in [-0.2, -0.15) is 11.8 Å². The van der Waals surface area contributed by atoms with E-state index in [0.29, 0.717) is 17.7 Å². The molecule has 3 amide bonds. The molecule has 3 aliphatic rings. The van der Waals surface area contributed by atoms with Crippen LogP contribution in [0.1, 0.15) is 35.3 Å². The molecular weight excluding hydrogens is 700 g/mol. The average molecular weight is 727 g/mol. The zero-order chi connectivity index (χ0) is 34.0. The van der Waals surface area contributed by atoms with Gasteiger partial charge in [0.05, 0.1) is 10.6 Å². The van der Waals surface area contributed by atoms with Crippen LogP contribution in [0.15, 0.2) is 33.9 Å². The number of aromatic hydroxyl groups is 2. The highest BCUT2D eigenvalue weighted by atomic mass is 35.5. The lowest BCUT2D eigenvalue weighted by molar-refractivity contribution is -0.178. The van der Waals surface area contributed by atoms with E-state index in [-0.39, 0.29) is 63.7 Å². The summed E-state index contributed by atoms with van der Waals surface area (Å²) in [4.78, 5) is 73.3. The second-order valence-corrected chi connectivity index (χ2v) is 14.0. The number of anilines is 1. The van der Waals surface area contributed by atoms with E-state index in [2.05, 4.69) is 20.8 Å². The molecule has 1 saturated heterocycles. The molecule has 1 saturated carbocycles. The number of nitrogens with two attached hydrogens (primary N) is 1. The third-order valence-electron chi connectivity index (χ3n) is 7.53. The van der Waals surface area contributed by atoms with Crippen molar-refractivity contribution in [3.63, 3.8) is 0 Å². The Labute approximate surface area is 283 Å². The zero-order valence-electron chi connectivity index (χ0n) is 24.1. The van der Waals surface area contributed by atoms with Gasteiger partial charge in [-0.05, 0) is 24.1 Å². The molecule has 47 heavy (non-hydrogen) atoms. The Kier molecular flexibility index (Phi) is 10.1. The fourth-order valence-electron chi connectivity index (χ4n) is 4.84. The minimum atomic E-state index is -1.57. The number of halogens is 1. The van der Waals surface area contributed by atoms with Crippen molar-refractivity contribution in [2.75, 3.05) is 29.5 Å². The van der Waals surface area contributed by atoms with Crippen LogP contribution in [-0.4, -0.2) is 107 Å². The Bertz CT molecular complexity index is 1710. The molecule has 5 rings (SSSR count). The number of rotatable bonds is 13. The van der Waals surface area contributed by atoms with Crippen molar-refractivity contribution in [3.8, 4) is 11.5 Å². The number of phenols is 2. The van der Waals surface area contributed by atoms with Crippen molar-refractivity contribution in [1.82, 2.24) is 20.5 Å². The van der Waals surface area contributed by atoms with E-state index in [4.69, 9.17) is 22.2 Å².